The number of nitrogens with one attached hydrogen (secondary N) is 1. The molecule has 3 rings (SSSR count). The number of sulfonamides is 1. The third-order valence-corrected chi connectivity index (χ3v) is 8.79. The van der Waals surface area contributed by atoms with Gasteiger partial charge in [0.05, 0.1) is 15.8 Å². The second-order valence-corrected chi connectivity index (χ2v) is 12.9. The van der Waals surface area contributed by atoms with E-state index in [2.05, 4.69) is 4.98 Å². The lowest BCUT2D eigenvalue weighted by molar-refractivity contribution is 0.251. The zero-order valence-corrected chi connectivity index (χ0v) is 22.2. The summed E-state index contributed by atoms with van der Waals surface area (Å²) in [4.78, 5) is 23.7. The number of rotatable bonds is 11. The van der Waals surface area contributed by atoms with Crippen LogP contribution in [0.1, 0.15) is 30.8 Å². The SMILES string of the molecule is CC(N)COc1cc2nc(S(=O)(=O)NC(c3ccc(C#N)c(F)c3)P(=O)(O)O)sc2cc1OCC(C)N. The summed E-state index contributed by atoms with van der Waals surface area (Å²) in [6.07, 6.45) is 0. The second kappa shape index (κ2) is 11.4. The molecular weight excluding hydrogens is 548 g/mol. The van der Waals surface area contributed by atoms with Crippen LogP contribution in [0.2, 0.25) is 0 Å². The van der Waals surface area contributed by atoms with Gasteiger partial charge in [0, 0.05) is 24.2 Å². The summed E-state index contributed by atoms with van der Waals surface area (Å²) in [5.74, 6) is -2.64. The number of aromatic nitrogens is 1. The van der Waals surface area contributed by atoms with Crippen molar-refractivity contribution in [3.8, 4) is 17.6 Å². The quantitative estimate of drug-likeness (QED) is 0.209. The Bertz CT molecular complexity index is 1440. The van der Waals surface area contributed by atoms with Crippen molar-refractivity contribution in [1.82, 2.24) is 9.71 Å². The summed E-state index contributed by atoms with van der Waals surface area (Å²) in [7, 11) is -9.77. The molecule has 0 spiro atoms. The van der Waals surface area contributed by atoms with Crippen molar-refractivity contribution in [3.63, 3.8) is 0 Å². The zero-order chi connectivity index (χ0) is 27.5. The van der Waals surface area contributed by atoms with Gasteiger partial charge in [-0.1, -0.05) is 6.07 Å². The fourth-order valence-electron chi connectivity index (χ4n) is 3.02. The maximum Gasteiger partial charge on any atom is 0.347 e. The molecule has 3 unspecified atom stereocenters. The van der Waals surface area contributed by atoms with E-state index in [0.717, 1.165) is 23.5 Å². The Morgan fingerprint density at radius 2 is 1.76 bits per heavy atom. The Balaban J connectivity index is 2.01. The Morgan fingerprint density at radius 1 is 1.16 bits per heavy atom. The average molecular weight is 574 g/mol. The smallest absolute Gasteiger partial charge is 0.347 e. The van der Waals surface area contributed by atoms with E-state index in [1.807, 2.05) is 4.72 Å². The highest BCUT2D eigenvalue weighted by molar-refractivity contribution is 7.91. The van der Waals surface area contributed by atoms with Crippen LogP contribution in [0.3, 0.4) is 0 Å². The van der Waals surface area contributed by atoms with Crippen molar-refractivity contribution in [1.29, 1.82) is 5.26 Å². The highest BCUT2D eigenvalue weighted by Gasteiger charge is 2.36. The molecule has 0 bridgehead atoms. The standard InChI is InChI=1S/C21H25FN5O7PS2/c1-11(24)9-33-17-6-16-19(7-18(17)34-10-12(2)25)36-21(26-16)37(31,32)27-20(35(28,29)30)13-3-4-14(8-23)15(22)5-13/h3-7,11-12,20,27H,9-10,24-25H2,1-2H3,(H2,28,29,30). The van der Waals surface area contributed by atoms with Crippen LogP contribution in [0.4, 0.5) is 4.39 Å². The summed E-state index contributed by atoms with van der Waals surface area (Å²) >= 11 is 0.720. The molecule has 3 atom stereocenters. The number of fused-ring (bicyclic) bond motifs is 1. The normalized spacial score (nSPS) is 14.6. The van der Waals surface area contributed by atoms with Gasteiger partial charge in [0.1, 0.15) is 30.9 Å². The summed E-state index contributed by atoms with van der Waals surface area (Å²) in [6, 6.07) is 6.69. The number of ether oxygens (including phenoxy) is 2. The van der Waals surface area contributed by atoms with Crippen molar-refractivity contribution >= 4 is 39.2 Å². The molecule has 0 saturated carbocycles. The summed E-state index contributed by atoms with van der Waals surface area (Å²) < 4.78 is 65.6. The first-order valence-corrected chi connectivity index (χ1v) is 14.7. The molecule has 1 heterocycles. The van der Waals surface area contributed by atoms with Gasteiger partial charge in [-0.2, -0.15) is 9.98 Å². The van der Waals surface area contributed by atoms with Crippen LogP contribution in [0, 0.1) is 17.1 Å². The number of hydrogen-bond donors (Lipinski definition) is 5. The Hall–Kier alpha value is -2.67. The van der Waals surface area contributed by atoms with E-state index in [1.54, 1.807) is 19.9 Å². The molecule has 37 heavy (non-hydrogen) atoms. The van der Waals surface area contributed by atoms with E-state index < -0.39 is 33.6 Å². The number of benzene rings is 2. The maximum atomic E-state index is 14.1. The summed E-state index contributed by atoms with van der Waals surface area (Å²) in [5.41, 5.74) is 11.0. The van der Waals surface area contributed by atoms with E-state index in [-0.39, 0.29) is 53.4 Å². The van der Waals surface area contributed by atoms with Gasteiger partial charge in [0.25, 0.3) is 10.0 Å². The Kier molecular flexibility index (Phi) is 8.89. The minimum atomic E-state index is -5.17. The summed E-state index contributed by atoms with van der Waals surface area (Å²) in [6.45, 7) is 3.76. The van der Waals surface area contributed by atoms with E-state index in [0.29, 0.717) is 10.8 Å². The summed E-state index contributed by atoms with van der Waals surface area (Å²) in [5, 5.41) is 8.88. The van der Waals surface area contributed by atoms with Crippen LogP contribution in [0.15, 0.2) is 34.7 Å². The van der Waals surface area contributed by atoms with E-state index >= 15 is 0 Å². The molecule has 7 N–H and O–H groups in total. The number of thiazole rings is 1. The average Bonchev–Trinajstić information content (AvgIpc) is 3.22. The number of nitriles is 1. The van der Waals surface area contributed by atoms with Crippen LogP contribution in [0.5, 0.6) is 11.5 Å². The largest absolute Gasteiger partial charge is 0.488 e. The molecule has 2 aromatic carbocycles. The van der Waals surface area contributed by atoms with Crippen molar-refractivity contribution in [2.75, 3.05) is 13.2 Å². The lowest BCUT2D eigenvalue weighted by Gasteiger charge is -2.19. The fourth-order valence-corrected chi connectivity index (χ4v) is 6.84. The molecule has 12 nitrogen and oxygen atoms in total. The minimum Gasteiger partial charge on any atom is -0.488 e. The molecule has 16 heteroatoms. The van der Waals surface area contributed by atoms with Gasteiger partial charge in [-0.3, -0.25) is 4.57 Å². The number of hydrogen-bond acceptors (Lipinski definition) is 10. The fraction of sp³-hybridized carbons (Fsp3) is 0.333. The highest BCUT2D eigenvalue weighted by Crippen LogP contribution is 2.51. The van der Waals surface area contributed by atoms with Gasteiger partial charge < -0.3 is 30.7 Å². The minimum absolute atomic E-state index is 0.141. The molecule has 0 aliphatic rings. The van der Waals surface area contributed by atoms with E-state index in [4.69, 9.17) is 26.2 Å². The van der Waals surface area contributed by atoms with Crippen LogP contribution in [-0.4, -0.2) is 48.5 Å². The van der Waals surface area contributed by atoms with Crippen LogP contribution < -0.4 is 25.7 Å². The molecule has 1 aromatic heterocycles. The van der Waals surface area contributed by atoms with Crippen LogP contribution >= 0.6 is 18.9 Å². The van der Waals surface area contributed by atoms with Crippen molar-refractivity contribution in [2.24, 2.45) is 11.5 Å². The van der Waals surface area contributed by atoms with Gasteiger partial charge in [0.2, 0.25) is 4.34 Å². The number of nitrogens with zero attached hydrogens (tertiary/aromatic N) is 2. The lowest BCUT2D eigenvalue weighted by Crippen LogP contribution is -2.28. The predicted octanol–water partition coefficient (Wildman–Crippen LogP) is 1.91. The van der Waals surface area contributed by atoms with Crippen molar-refractivity contribution in [3.05, 3.63) is 47.3 Å². The third-order valence-electron chi connectivity index (χ3n) is 4.70. The second-order valence-electron chi connectivity index (χ2n) is 8.29. The lowest BCUT2D eigenvalue weighted by atomic mass is 10.1. The molecule has 0 radical (unpaired) electrons. The molecule has 0 aliphatic carbocycles. The van der Waals surface area contributed by atoms with Crippen molar-refractivity contribution in [2.45, 2.75) is 36.1 Å². The van der Waals surface area contributed by atoms with Crippen LogP contribution in [0.25, 0.3) is 10.2 Å². The van der Waals surface area contributed by atoms with Gasteiger partial charge in [-0.15, -0.1) is 11.3 Å². The molecule has 3 aromatic rings. The third kappa shape index (κ3) is 7.22. The highest BCUT2D eigenvalue weighted by atomic mass is 32.2. The topological polar surface area (TPSA) is 211 Å². The number of nitrogens with two attached hydrogens (primary N) is 2. The van der Waals surface area contributed by atoms with Gasteiger partial charge in [0.15, 0.2) is 11.5 Å². The van der Waals surface area contributed by atoms with Gasteiger partial charge in [-0.25, -0.2) is 17.8 Å². The zero-order valence-electron chi connectivity index (χ0n) is 19.7. The molecule has 0 aliphatic heterocycles. The first kappa shape index (κ1) is 28.9. The predicted molar refractivity (Wildman–Crippen MR) is 134 cm³/mol. The van der Waals surface area contributed by atoms with Crippen LogP contribution in [-0.2, 0) is 14.6 Å². The molecule has 200 valence electrons. The Labute approximate surface area is 216 Å². The van der Waals surface area contributed by atoms with E-state index in [1.165, 1.54) is 12.1 Å². The van der Waals surface area contributed by atoms with Gasteiger partial charge >= 0.3 is 7.60 Å². The first-order valence-electron chi connectivity index (χ1n) is 10.7. The van der Waals surface area contributed by atoms with Gasteiger partial charge in [-0.05, 0) is 31.5 Å². The molecular formula is C21H25FN5O7PS2. The maximum absolute atomic E-state index is 14.1. The molecule has 0 fully saturated rings. The molecule has 0 saturated heterocycles. The monoisotopic (exact) mass is 573 g/mol. The van der Waals surface area contributed by atoms with Crippen molar-refractivity contribution < 1.29 is 36.6 Å². The molecule has 0 amide bonds. The Morgan fingerprint density at radius 3 is 2.27 bits per heavy atom. The number of halogens is 1. The van der Waals surface area contributed by atoms with E-state index in [9.17, 15) is 27.2 Å². The first-order chi connectivity index (χ1) is 17.2.